The van der Waals surface area contributed by atoms with Crippen LogP contribution >= 0.6 is 11.6 Å². The monoisotopic (exact) mass is 355 g/mol. The molecule has 1 rings (SSSR count). The summed E-state index contributed by atoms with van der Waals surface area (Å²) in [6.45, 7) is 6.84. The molecule has 0 aliphatic rings. The topological polar surface area (TPSA) is 111 Å². The molecule has 0 aromatic heterocycles. The van der Waals surface area contributed by atoms with Gasteiger partial charge in [-0.25, -0.2) is 4.79 Å². The molecule has 0 saturated heterocycles. The maximum absolute atomic E-state index is 12.4. The fourth-order valence-corrected chi connectivity index (χ4v) is 1.98. The van der Waals surface area contributed by atoms with E-state index in [0.717, 1.165) is 5.56 Å². The highest BCUT2D eigenvalue weighted by Crippen LogP contribution is 2.20. The first-order valence-electron chi connectivity index (χ1n) is 7.33. The molecule has 0 unspecified atom stereocenters. The Balaban J connectivity index is 2.87. The van der Waals surface area contributed by atoms with Crippen LogP contribution in [0.15, 0.2) is 18.2 Å². The molecule has 8 heteroatoms. The van der Waals surface area contributed by atoms with Gasteiger partial charge in [-0.05, 0) is 45.4 Å². The van der Waals surface area contributed by atoms with Crippen LogP contribution in [0.4, 0.5) is 10.5 Å². The number of nitrogens with one attached hydrogen (secondary N) is 2. The molecule has 1 aromatic carbocycles. The summed E-state index contributed by atoms with van der Waals surface area (Å²) in [4.78, 5) is 35.4. The number of rotatable bonds is 5. The van der Waals surface area contributed by atoms with Gasteiger partial charge >= 0.3 is 6.09 Å². The summed E-state index contributed by atoms with van der Waals surface area (Å²) in [7, 11) is 0. The van der Waals surface area contributed by atoms with E-state index in [2.05, 4.69) is 10.6 Å². The highest BCUT2D eigenvalue weighted by atomic mass is 35.5. The van der Waals surface area contributed by atoms with Gasteiger partial charge in [-0.1, -0.05) is 17.7 Å². The van der Waals surface area contributed by atoms with Gasteiger partial charge < -0.3 is 21.1 Å². The normalized spacial score (nSPS) is 12.2. The molecule has 0 bridgehead atoms. The molecule has 132 valence electrons. The molecule has 24 heavy (non-hydrogen) atoms. The van der Waals surface area contributed by atoms with Crippen LogP contribution in [0.3, 0.4) is 0 Å². The van der Waals surface area contributed by atoms with Crippen molar-refractivity contribution < 1.29 is 19.1 Å². The molecule has 3 amide bonds. The Morgan fingerprint density at radius 1 is 1.29 bits per heavy atom. The van der Waals surface area contributed by atoms with E-state index in [1.165, 1.54) is 0 Å². The number of carbonyl (C=O) groups is 3. The van der Waals surface area contributed by atoms with Crippen LogP contribution in [0, 0.1) is 6.92 Å². The molecule has 0 heterocycles. The summed E-state index contributed by atoms with van der Waals surface area (Å²) < 4.78 is 5.09. The second-order valence-electron chi connectivity index (χ2n) is 6.32. The highest BCUT2D eigenvalue weighted by Gasteiger charge is 2.26. The number of halogens is 1. The van der Waals surface area contributed by atoms with Crippen molar-refractivity contribution in [2.24, 2.45) is 5.73 Å². The van der Waals surface area contributed by atoms with Crippen LogP contribution in [0.1, 0.15) is 32.8 Å². The minimum absolute atomic E-state index is 0.356. The van der Waals surface area contributed by atoms with Gasteiger partial charge in [0.1, 0.15) is 11.6 Å². The average Bonchev–Trinajstić information content (AvgIpc) is 2.39. The predicted octanol–water partition coefficient (Wildman–Crippen LogP) is 2.36. The number of hydrogen-bond donors (Lipinski definition) is 3. The van der Waals surface area contributed by atoms with Crippen molar-refractivity contribution in [3.05, 3.63) is 28.8 Å². The Hall–Kier alpha value is -2.28. The van der Waals surface area contributed by atoms with E-state index >= 15 is 0 Å². The summed E-state index contributed by atoms with van der Waals surface area (Å²) in [5, 5.41) is 5.42. The highest BCUT2D eigenvalue weighted by molar-refractivity contribution is 6.31. The Morgan fingerprint density at radius 2 is 1.92 bits per heavy atom. The van der Waals surface area contributed by atoms with Gasteiger partial charge in [-0.3, -0.25) is 9.59 Å². The van der Waals surface area contributed by atoms with Crippen molar-refractivity contribution in [2.75, 3.05) is 5.32 Å². The number of hydrogen-bond acceptors (Lipinski definition) is 4. The number of aryl methyl sites for hydroxylation is 1. The van der Waals surface area contributed by atoms with Gasteiger partial charge in [-0.15, -0.1) is 0 Å². The Labute approximate surface area is 145 Å². The van der Waals surface area contributed by atoms with Crippen molar-refractivity contribution in [2.45, 2.75) is 45.8 Å². The summed E-state index contributed by atoms with van der Waals surface area (Å²) in [5.74, 6) is -1.32. The van der Waals surface area contributed by atoms with E-state index in [1.807, 2.05) is 0 Å². The molecule has 0 aliphatic carbocycles. The number of amides is 3. The average molecular weight is 356 g/mol. The third kappa shape index (κ3) is 6.87. The summed E-state index contributed by atoms with van der Waals surface area (Å²) in [6.07, 6.45) is -1.17. The maximum Gasteiger partial charge on any atom is 0.408 e. The first-order chi connectivity index (χ1) is 11.0. The minimum Gasteiger partial charge on any atom is -0.444 e. The van der Waals surface area contributed by atoms with Crippen LogP contribution in [-0.4, -0.2) is 29.6 Å². The summed E-state index contributed by atoms with van der Waals surface area (Å²) in [6, 6.07) is 3.84. The van der Waals surface area contributed by atoms with Gasteiger partial charge in [-0.2, -0.15) is 0 Å². The summed E-state index contributed by atoms with van der Waals surface area (Å²) >= 11 is 5.91. The van der Waals surface area contributed by atoms with E-state index in [-0.39, 0.29) is 6.42 Å². The number of alkyl carbamates (subject to hydrolysis) is 1. The number of benzene rings is 1. The fourth-order valence-electron chi connectivity index (χ4n) is 1.81. The number of carbonyl (C=O) groups excluding carboxylic acids is 3. The van der Waals surface area contributed by atoms with Crippen molar-refractivity contribution in [1.29, 1.82) is 0 Å². The van der Waals surface area contributed by atoms with Gasteiger partial charge in [0, 0.05) is 10.7 Å². The lowest BCUT2D eigenvalue weighted by Gasteiger charge is -2.23. The number of ether oxygens (including phenoxy) is 1. The van der Waals surface area contributed by atoms with Crippen LogP contribution in [0.5, 0.6) is 0 Å². The smallest absolute Gasteiger partial charge is 0.408 e. The molecule has 4 N–H and O–H groups in total. The largest absolute Gasteiger partial charge is 0.444 e. The zero-order chi connectivity index (χ0) is 18.5. The number of primary amides is 1. The minimum atomic E-state index is -1.16. The maximum atomic E-state index is 12.4. The fraction of sp³-hybridized carbons (Fsp3) is 0.438. The predicted molar refractivity (Wildman–Crippen MR) is 91.8 cm³/mol. The third-order valence-electron chi connectivity index (χ3n) is 2.87. The molecule has 1 aromatic rings. The molecule has 0 fully saturated rings. The quantitative estimate of drug-likeness (QED) is 0.752. The second-order valence-corrected chi connectivity index (χ2v) is 6.75. The van der Waals surface area contributed by atoms with Crippen LogP contribution in [0.25, 0.3) is 0 Å². The second kappa shape index (κ2) is 8.01. The van der Waals surface area contributed by atoms with E-state index in [4.69, 9.17) is 22.1 Å². The standard InChI is InChI=1S/C16H22ClN3O4/c1-9-5-6-10(17)7-11(9)19-14(22)12(8-13(18)21)20-15(23)24-16(2,3)4/h5-7,12H,8H2,1-4H3,(H2,18,21)(H,19,22)(H,20,23)/t12-/m0/s1. The lowest BCUT2D eigenvalue weighted by atomic mass is 10.1. The third-order valence-corrected chi connectivity index (χ3v) is 3.11. The molecule has 0 aliphatic heterocycles. The zero-order valence-electron chi connectivity index (χ0n) is 14.1. The van der Waals surface area contributed by atoms with Gasteiger partial charge in [0.25, 0.3) is 0 Å². The Morgan fingerprint density at radius 3 is 2.46 bits per heavy atom. The van der Waals surface area contributed by atoms with E-state index in [0.29, 0.717) is 10.7 Å². The zero-order valence-corrected chi connectivity index (χ0v) is 14.9. The first kappa shape index (κ1) is 19.8. The SMILES string of the molecule is Cc1ccc(Cl)cc1NC(=O)[C@H](CC(N)=O)NC(=O)OC(C)(C)C. The van der Waals surface area contributed by atoms with Crippen molar-refractivity contribution in [3.8, 4) is 0 Å². The molecule has 0 saturated carbocycles. The van der Waals surface area contributed by atoms with Gasteiger partial charge in [0.2, 0.25) is 11.8 Å². The lowest BCUT2D eigenvalue weighted by Crippen LogP contribution is -2.47. The lowest BCUT2D eigenvalue weighted by molar-refractivity contribution is -0.124. The molecular weight excluding hydrogens is 334 g/mol. The molecule has 0 radical (unpaired) electrons. The first-order valence-corrected chi connectivity index (χ1v) is 7.70. The van der Waals surface area contributed by atoms with Gasteiger partial charge in [0.15, 0.2) is 0 Å². The van der Waals surface area contributed by atoms with Crippen molar-refractivity contribution in [1.82, 2.24) is 5.32 Å². The van der Waals surface area contributed by atoms with Crippen molar-refractivity contribution >= 4 is 35.2 Å². The number of anilines is 1. The van der Waals surface area contributed by atoms with Crippen LogP contribution < -0.4 is 16.4 Å². The Bertz CT molecular complexity index is 641. The van der Waals surface area contributed by atoms with Crippen LogP contribution in [0.2, 0.25) is 5.02 Å². The number of nitrogens with two attached hydrogens (primary N) is 1. The molecule has 7 nitrogen and oxygen atoms in total. The molecular formula is C16H22ClN3O4. The van der Waals surface area contributed by atoms with Gasteiger partial charge in [0.05, 0.1) is 6.42 Å². The molecule has 1 atom stereocenters. The van der Waals surface area contributed by atoms with Crippen LogP contribution in [-0.2, 0) is 14.3 Å². The van der Waals surface area contributed by atoms with E-state index in [9.17, 15) is 14.4 Å². The summed E-state index contributed by atoms with van der Waals surface area (Å²) in [5.41, 5.74) is 5.67. The van der Waals surface area contributed by atoms with E-state index < -0.39 is 29.6 Å². The Kier molecular flexibility index (Phi) is 6.60. The van der Waals surface area contributed by atoms with Crippen molar-refractivity contribution in [3.63, 3.8) is 0 Å². The molecule has 0 spiro atoms. The van der Waals surface area contributed by atoms with E-state index in [1.54, 1.807) is 45.9 Å².